The van der Waals surface area contributed by atoms with Crippen molar-refractivity contribution < 1.29 is 9.13 Å². The van der Waals surface area contributed by atoms with Gasteiger partial charge in [-0.15, -0.1) is 0 Å². The van der Waals surface area contributed by atoms with E-state index in [1.165, 1.54) is 42.8 Å². The van der Waals surface area contributed by atoms with E-state index in [1.807, 2.05) is 6.07 Å². The summed E-state index contributed by atoms with van der Waals surface area (Å²) in [5.41, 5.74) is 1.08. The van der Waals surface area contributed by atoms with E-state index in [1.54, 1.807) is 23.5 Å². The summed E-state index contributed by atoms with van der Waals surface area (Å²) in [4.78, 5) is 7.22. The Kier molecular flexibility index (Phi) is 6.96. The fourth-order valence-electron chi connectivity index (χ4n) is 3.75. The molecule has 0 unspecified atom stereocenters. The number of piperidine rings is 1. The lowest BCUT2D eigenvalue weighted by atomic mass is 9.97. The minimum Gasteiger partial charge on any atom is -0.494 e. The zero-order chi connectivity index (χ0) is 19.9. The first-order valence-corrected chi connectivity index (χ1v) is 11.3. The Morgan fingerprint density at radius 3 is 2.66 bits per heavy atom. The zero-order valence-electron chi connectivity index (χ0n) is 16.6. The van der Waals surface area contributed by atoms with Crippen LogP contribution < -0.4 is 10.1 Å². The largest absolute Gasteiger partial charge is 0.494 e. The SMILES string of the molecule is Fc1ccc(OCCCCN2CCC(CNc3nc4ccccc4s3)CC2)cc1. The average molecular weight is 414 g/mol. The Morgan fingerprint density at radius 1 is 1.07 bits per heavy atom. The predicted octanol–water partition coefficient (Wildman–Crippen LogP) is 5.42. The molecule has 3 aromatic rings. The molecule has 1 N–H and O–H groups in total. The van der Waals surface area contributed by atoms with Gasteiger partial charge in [0.1, 0.15) is 11.6 Å². The number of hydrogen-bond acceptors (Lipinski definition) is 5. The first-order chi connectivity index (χ1) is 14.3. The summed E-state index contributed by atoms with van der Waals surface area (Å²) in [7, 11) is 0. The van der Waals surface area contributed by atoms with E-state index in [9.17, 15) is 4.39 Å². The van der Waals surface area contributed by atoms with Crippen LogP contribution in [0.1, 0.15) is 25.7 Å². The van der Waals surface area contributed by atoms with Crippen molar-refractivity contribution in [3.8, 4) is 5.75 Å². The fraction of sp³-hybridized carbons (Fsp3) is 0.435. The van der Waals surface area contributed by atoms with Gasteiger partial charge in [0, 0.05) is 6.54 Å². The number of likely N-dealkylation sites (tertiary alicyclic amines) is 1. The second kappa shape index (κ2) is 10.0. The molecule has 0 spiro atoms. The summed E-state index contributed by atoms with van der Waals surface area (Å²) in [6.45, 7) is 5.17. The van der Waals surface area contributed by atoms with E-state index < -0.39 is 0 Å². The molecule has 2 aromatic carbocycles. The van der Waals surface area contributed by atoms with Crippen LogP contribution in [0.4, 0.5) is 9.52 Å². The number of halogens is 1. The number of hydrogen-bond donors (Lipinski definition) is 1. The smallest absolute Gasteiger partial charge is 0.183 e. The van der Waals surface area contributed by atoms with E-state index in [0.29, 0.717) is 6.61 Å². The summed E-state index contributed by atoms with van der Waals surface area (Å²) < 4.78 is 19.8. The summed E-state index contributed by atoms with van der Waals surface area (Å²) in [5, 5.41) is 4.58. The molecule has 29 heavy (non-hydrogen) atoms. The number of fused-ring (bicyclic) bond motifs is 1. The highest BCUT2D eigenvalue weighted by Crippen LogP contribution is 2.26. The Hall–Kier alpha value is -2.18. The number of unbranched alkanes of at least 4 members (excludes halogenated alkanes) is 1. The van der Waals surface area contributed by atoms with E-state index in [2.05, 4.69) is 33.4 Å². The third-order valence-corrected chi connectivity index (χ3v) is 6.49. The normalized spacial score (nSPS) is 15.6. The summed E-state index contributed by atoms with van der Waals surface area (Å²) in [5.74, 6) is 1.24. The van der Waals surface area contributed by atoms with Gasteiger partial charge in [0.25, 0.3) is 0 Å². The number of thiazole rings is 1. The fourth-order valence-corrected chi connectivity index (χ4v) is 4.62. The Morgan fingerprint density at radius 2 is 1.86 bits per heavy atom. The number of ether oxygens (including phenoxy) is 1. The molecule has 0 aliphatic carbocycles. The molecular weight excluding hydrogens is 385 g/mol. The second-order valence-electron chi connectivity index (χ2n) is 7.66. The van der Waals surface area contributed by atoms with E-state index in [-0.39, 0.29) is 5.82 Å². The third kappa shape index (κ3) is 5.90. The number of aromatic nitrogens is 1. The van der Waals surface area contributed by atoms with E-state index in [4.69, 9.17) is 4.74 Å². The molecular formula is C23H28FN3OS. The lowest BCUT2D eigenvalue weighted by Gasteiger charge is -2.32. The molecule has 6 heteroatoms. The molecule has 0 radical (unpaired) electrons. The molecule has 1 fully saturated rings. The van der Waals surface area contributed by atoms with Crippen molar-refractivity contribution in [2.24, 2.45) is 5.92 Å². The van der Waals surface area contributed by atoms with Gasteiger partial charge in [-0.2, -0.15) is 0 Å². The number of nitrogens with zero attached hydrogens (tertiary/aromatic N) is 2. The standard InChI is InChI=1S/C23H28FN3OS/c24-19-7-9-20(10-8-19)28-16-4-3-13-27-14-11-18(12-15-27)17-25-23-26-21-5-1-2-6-22(21)29-23/h1-2,5-10,18H,3-4,11-17H2,(H,25,26). The zero-order valence-corrected chi connectivity index (χ0v) is 17.5. The molecule has 1 aliphatic heterocycles. The van der Waals surface area contributed by atoms with Crippen molar-refractivity contribution >= 4 is 26.7 Å². The number of anilines is 1. The molecule has 0 saturated carbocycles. The number of benzene rings is 2. The van der Waals surface area contributed by atoms with Crippen LogP contribution in [0.2, 0.25) is 0 Å². The van der Waals surface area contributed by atoms with Gasteiger partial charge in [0.15, 0.2) is 5.13 Å². The number of rotatable bonds is 9. The van der Waals surface area contributed by atoms with Gasteiger partial charge in [0.2, 0.25) is 0 Å². The monoisotopic (exact) mass is 413 g/mol. The minimum atomic E-state index is -0.226. The Bertz CT molecular complexity index is 858. The third-order valence-electron chi connectivity index (χ3n) is 5.49. The van der Waals surface area contributed by atoms with Gasteiger partial charge in [-0.3, -0.25) is 0 Å². The molecule has 1 aliphatic rings. The summed E-state index contributed by atoms with van der Waals surface area (Å²) in [6, 6.07) is 14.5. The van der Waals surface area contributed by atoms with Crippen molar-refractivity contribution in [1.29, 1.82) is 0 Å². The molecule has 1 aromatic heterocycles. The maximum atomic E-state index is 12.9. The first-order valence-electron chi connectivity index (χ1n) is 10.5. The maximum absolute atomic E-state index is 12.9. The van der Waals surface area contributed by atoms with Crippen LogP contribution in [0.3, 0.4) is 0 Å². The second-order valence-corrected chi connectivity index (χ2v) is 8.69. The van der Waals surface area contributed by atoms with Gasteiger partial charge in [-0.05, 0) is 87.6 Å². The van der Waals surface area contributed by atoms with Gasteiger partial charge in [-0.1, -0.05) is 23.5 Å². The molecule has 4 rings (SSSR count). The quantitative estimate of drug-likeness (QED) is 0.476. The van der Waals surface area contributed by atoms with Crippen LogP contribution in [-0.2, 0) is 0 Å². The van der Waals surface area contributed by atoms with Crippen LogP contribution in [0.5, 0.6) is 5.75 Å². The first kappa shape index (κ1) is 20.1. The highest BCUT2D eigenvalue weighted by molar-refractivity contribution is 7.22. The van der Waals surface area contributed by atoms with E-state index in [0.717, 1.165) is 48.2 Å². The average Bonchev–Trinajstić information content (AvgIpc) is 3.17. The maximum Gasteiger partial charge on any atom is 0.183 e. The highest BCUT2D eigenvalue weighted by atomic mass is 32.1. The molecule has 2 heterocycles. The Balaban J connectivity index is 1.09. The van der Waals surface area contributed by atoms with Crippen LogP contribution in [0, 0.1) is 11.7 Å². The van der Waals surface area contributed by atoms with Crippen molar-refractivity contribution in [2.75, 3.05) is 38.1 Å². The molecule has 0 bridgehead atoms. The summed E-state index contributed by atoms with van der Waals surface area (Å²) >= 11 is 1.74. The van der Waals surface area contributed by atoms with Gasteiger partial charge < -0.3 is 15.0 Å². The van der Waals surface area contributed by atoms with Gasteiger partial charge in [0.05, 0.1) is 16.8 Å². The molecule has 1 saturated heterocycles. The van der Waals surface area contributed by atoms with Crippen LogP contribution in [-0.4, -0.2) is 42.7 Å². The minimum absolute atomic E-state index is 0.226. The molecule has 4 nitrogen and oxygen atoms in total. The topological polar surface area (TPSA) is 37.4 Å². The lowest BCUT2D eigenvalue weighted by molar-refractivity contribution is 0.182. The van der Waals surface area contributed by atoms with Crippen LogP contribution in [0.15, 0.2) is 48.5 Å². The van der Waals surface area contributed by atoms with Crippen molar-refractivity contribution in [2.45, 2.75) is 25.7 Å². The van der Waals surface area contributed by atoms with Crippen molar-refractivity contribution in [3.05, 3.63) is 54.3 Å². The lowest BCUT2D eigenvalue weighted by Crippen LogP contribution is -2.36. The van der Waals surface area contributed by atoms with Crippen LogP contribution >= 0.6 is 11.3 Å². The van der Waals surface area contributed by atoms with E-state index >= 15 is 0 Å². The van der Waals surface area contributed by atoms with Gasteiger partial charge >= 0.3 is 0 Å². The predicted molar refractivity (Wildman–Crippen MR) is 118 cm³/mol. The summed E-state index contributed by atoms with van der Waals surface area (Å²) in [6.07, 6.45) is 4.64. The molecule has 0 amide bonds. The highest BCUT2D eigenvalue weighted by Gasteiger charge is 2.19. The van der Waals surface area contributed by atoms with Gasteiger partial charge in [-0.25, -0.2) is 9.37 Å². The molecule has 154 valence electrons. The Labute approximate surface area is 175 Å². The molecule has 0 atom stereocenters. The van der Waals surface area contributed by atoms with Crippen molar-refractivity contribution in [1.82, 2.24) is 9.88 Å². The number of nitrogens with one attached hydrogen (secondary N) is 1. The van der Waals surface area contributed by atoms with Crippen molar-refractivity contribution in [3.63, 3.8) is 0 Å². The van der Waals surface area contributed by atoms with Crippen LogP contribution in [0.25, 0.3) is 10.2 Å². The number of para-hydroxylation sites is 1.